The molecule has 0 bridgehead atoms. The molecule has 52 valence electrons. The Kier molecular flexibility index (Phi) is 1.47. The zero-order chi connectivity index (χ0) is 6.81. The van der Waals surface area contributed by atoms with E-state index in [0.717, 1.165) is 23.0 Å². The van der Waals surface area contributed by atoms with E-state index < -0.39 is 0 Å². The number of hydrogen-bond donors (Lipinski definition) is 0. The maximum atomic E-state index is 4.82. The molecular weight excluding hydrogens is 148 g/mol. The van der Waals surface area contributed by atoms with E-state index in [4.69, 9.17) is 4.42 Å². The molecule has 0 saturated heterocycles. The summed E-state index contributed by atoms with van der Waals surface area (Å²) in [7, 11) is 0. The first-order valence-corrected chi connectivity index (χ1v) is 4.01. The number of nitrogens with zero attached hydrogens (tertiary/aromatic N) is 2. The van der Waals surface area contributed by atoms with Crippen molar-refractivity contribution in [3.05, 3.63) is 18.4 Å². The van der Waals surface area contributed by atoms with Gasteiger partial charge in [0.25, 0.3) is 0 Å². The van der Waals surface area contributed by atoms with Gasteiger partial charge >= 0.3 is 0 Å². The Labute approximate surface area is 62.6 Å². The van der Waals surface area contributed by atoms with Gasteiger partial charge < -0.3 is 4.42 Å². The number of aromatic nitrogens is 1. The molecule has 0 radical (unpaired) electrons. The molecule has 1 aliphatic heterocycles. The Morgan fingerprint density at radius 1 is 1.60 bits per heavy atom. The average molecular weight is 154 g/mol. The van der Waals surface area contributed by atoms with Gasteiger partial charge in [-0.3, -0.25) is 4.99 Å². The molecule has 3 nitrogen and oxygen atoms in total. The van der Waals surface area contributed by atoms with Gasteiger partial charge in [-0.25, -0.2) is 4.98 Å². The minimum Gasteiger partial charge on any atom is -0.451 e. The van der Waals surface area contributed by atoms with Gasteiger partial charge in [0.1, 0.15) is 17.0 Å². The van der Waals surface area contributed by atoms with Crippen molar-refractivity contribution in [1.29, 1.82) is 0 Å². The Hall–Kier alpha value is -0.770. The first-order valence-electron chi connectivity index (χ1n) is 3.02. The fourth-order valence-electron chi connectivity index (χ4n) is 0.808. The standard InChI is InChI=1S/C6H6N2OS/c1-2-10-6(7-1)5-3-9-4-8-5/h3-4H,1-2H2. The number of oxazole rings is 1. The van der Waals surface area contributed by atoms with Crippen LogP contribution in [-0.4, -0.2) is 22.3 Å². The summed E-state index contributed by atoms with van der Waals surface area (Å²) in [6.07, 6.45) is 3.05. The molecule has 1 aromatic rings. The van der Waals surface area contributed by atoms with Gasteiger partial charge in [-0.05, 0) is 0 Å². The molecule has 0 spiro atoms. The molecule has 0 N–H and O–H groups in total. The molecule has 0 saturated carbocycles. The lowest BCUT2D eigenvalue weighted by Crippen LogP contribution is -1.89. The van der Waals surface area contributed by atoms with Crippen LogP contribution in [0.3, 0.4) is 0 Å². The smallest absolute Gasteiger partial charge is 0.181 e. The van der Waals surface area contributed by atoms with E-state index in [9.17, 15) is 0 Å². The van der Waals surface area contributed by atoms with Crippen LogP contribution in [0.2, 0.25) is 0 Å². The fourth-order valence-corrected chi connectivity index (χ4v) is 1.62. The van der Waals surface area contributed by atoms with E-state index in [1.54, 1.807) is 18.0 Å². The van der Waals surface area contributed by atoms with Crippen molar-refractivity contribution in [2.45, 2.75) is 0 Å². The van der Waals surface area contributed by atoms with Crippen molar-refractivity contribution in [2.75, 3.05) is 12.3 Å². The van der Waals surface area contributed by atoms with E-state index in [-0.39, 0.29) is 0 Å². The van der Waals surface area contributed by atoms with E-state index in [1.165, 1.54) is 6.39 Å². The van der Waals surface area contributed by atoms with Gasteiger partial charge in [-0.2, -0.15) is 0 Å². The normalized spacial score (nSPS) is 17.4. The first kappa shape index (κ1) is 5.97. The lowest BCUT2D eigenvalue weighted by atomic mass is 10.5. The summed E-state index contributed by atoms with van der Waals surface area (Å²) < 4.78 is 4.82. The SMILES string of the molecule is c1nc(C2=NCCS2)co1. The highest BCUT2D eigenvalue weighted by molar-refractivity contribution is 8.14. The van der Waals surface area contributed by atoms with Gasteiger partial charge in [0, 0.05) is 12.3 Å². The molecule has 1 aromatic heterocycles. The maximum absolute atomic E-state index is 4.82. The monoisotopic (exact) mass is 154 g/mol. The topological polar surface area (TPSA) is 38.4 Å². The van der Waals surface area contributed by atoms with Crippen LogP contribution in [0.25, 0.3) is 0 Å². The molecule has 0 fully saturated rings. The zero-order valence-electron chi connectivity index (χ0n) is 5.28. The molecule has 0 atom stereocenters. The highest BCUT2D eigenvalue weighted by Crippen LogP contribution is 2.16. The van der Waals surface area contributed by atoms with Crippen molar-refractivity contribution in [3.8, 4) is 0 Å². The molecule has 1 aliphatic rings. The van der Waals surface area contributed by atoms with Crippen LogP contribution in [0.5, 0.6) is 0 Å². The second-order valence-corrected chi connectivity index (χ2v) is 2.99. The summed E-state index contributed by atoms with van der Waals surface area (Å²) in [5.41, 5.74) is 0.863. The molecular formula is C6H6N2OS. The molecule has 0 aliphatic carbocycles. The largest absolute Gasteiger partial charge is 0.451 e. The number of thioether (sulfide) groups is 1. The molecule has 2 heterocycles. The zero-order valence-corrected chi connectivity index (χ0v) is 6.10. The van der Waals surface area contributed by atoms with Crippen LogP contribution >= 0.6 is 11.8 Å². The number of rotatable bonds is 1. The summed E-state index contributed by atoms with van der Waals surface area (Å²) in [6, 6.07) is 0. The number of aliphatic imine (C=N–C) groups is 1. The minimum atomic E-state index is 0.863. The molecule has 10 heavy (non-hydrogen) atoms. The predicted octanol–water partition coefficient (Wildman–Crippen LogP) is 1.17. The summed E-state index contributed by atoms with van der Waals surface area (Å²) in [5, 5.41) is 1.01. The third-order valence-corrected chi connectivity index (χ3v) is 2.24. The van der Waals surface area contributed by atoms with Crippen LogP contribution < -0.4 is 0 Å². The Morgan fingerprint density at radius 2 is 2.60 bits per heavy atom. The van der Waals surface area contributed by atoms with Crippen molar-refractivity contribution < 1.29 is 4.42 Å². The Balaban J connectivity index is 2.28. The van der Waals surface area contributed by atoms with E-state index in [1.807, 2.05) is 0 Å². The quantitative estimate of drug-likeness (QED) is 0.609. The summed E-state index contributed by atoms with van der Waals surface area (Å²) in [6.45, 7) is 0.910. The highest BCUT2D eigenvalue weighted by atomic mass is 32.2. The molecule has 0 amide bonds. The van der Waals surface area contributed by atoms with Gasteiger partial charge in [0.05, 0.1) is 0 Å². The van der Waals surface area contributed by atoms with Crippen LogP contribution in [0.4, 0.5) is 0 Å². The van der Waals surface area contributed by atoms with Crippen LogP contribution in [0.1, 0.15) is 5.69 Å². The highest BCUT2D eigenvalue weighted by Gasteiger charge is 2.10. The van der Waals surface area contributed by atoms with Crippen molar-refractivity contribution in [1.82, 2.24) is 4.98 Å². The maximum Gasteiger partial charge on any atom is 0.181 e. The van der Waals surface area contributed by atoms with Crippen LogP contribution in [0, 0.1) is 0 Å². The summed E-state index contributed by atoms with van der Waals surface area (Å²) in [4.78, 5) is 8.22. The van der Waals surface area contributed by atoms with E-state index in [0.29, 0.717) is 0 Å². The average Bonchev–Trinajstić information content (AvgIpc) is 2.59. The van der Waals surface area contributed by atoms with Crippen molar-refractivity contribution >= 4 is 16.8 Å². The van der Waals surface area contributed by atoms with Gasteiger partial charge in [-0.15, -0.1) is 11.8 Å². The van der Waals surface area contributed by atoms with Crippen LogP contribution in [0.15, 0.2) is 22.1 Å². The summed E-state index contributed by atoms with van der Waals surface area (Å²) >= 11 is 1.73. The lowest BCUT2D eigenvalue weighted by molar-refractivity contribution is 0.557. The molecule has 0 unspecified atom stereocenters. The third-order valence-electron chi connectivity index (χ3n) is 1.24. The van der Waals surface area contributed by atoms with E-state index in [2.05, 4.69) is 9.98 Å². The third kappa shape index (κ3) is 0.945. The van der Waals surface area contributed by atoms with E-state index >= 15 is 0 Å². The predicted molar refractivity (Wildman–Crippen MR) is 40.4 cm³/mol. The lowest BCUT2D eigenvalue weighted by Gasteiger charge is -1.87. The number of hydrogen-bond acceptors (Lipinski definition) is 4. The van der Waals surface area contributed by atoms with Gasteiger partial charge in [0.15, 0.2) is 6.39 Å². The molecule has 4 heteroatoms. The first-order chi connectivity index (χ1) is 4.97. The fraction of sp³-hybridized carbons (Fsp3) is 0.333. The van der Waals surface area contributed by atoms with Crippen molar-refractivity contribution in [3.63, 3.8) is 0 Å². The van der Waals surface area contributed by atoms with Crippen molar-refractivity contribution in [2.24, 2.45) is 4.99 Å². The summed E-state index contributed by atoms with van der Waals surface area (Å²) in [5.74, 6) is 1.07. The van der Waals surface area contributed by atoms with Gasteiger partial charge in [0.2, 0.25) is 0 Å². The Bertz CT molecular complexity index is 242. The molecule has 2 rings (SSSR count). The second-order valence-electron chi connectivity index (χ2n) is 1.91. The van der Waals surface area contributed by atoms with Gasteiger partial charge in [-0.1, -0.05) is 0 Å². The van der Waals surface area contributed by atoms with Crippen LogP contribution in [-0.2, 0) is 0 Å². The minimum absolute atomic E-state index is 0.863. The molecule has 0 aromatic carbocycles. The second kappa shape index (κ2) is 2.46. The Morgan fingerprint density at radius 3 is 3.20 bits per heavy atom.